The number of aromatic nitrogens is 3. The predicted molar refractivity (Wildman–Crippen MR) is 76.4 cm³/mol. The van der Waals surface area contributed by atoms with Crippen LogP contribution in [0.25, 0.3) is 0 Å². The van der Waals surface area contributed by atoms with Gasteiger partial charge in [-0.2, -0.15) is 15.0 Å². The number of benzene rings is 1. The van der Waals surface area contributed by atoms with Gasteiger partial charge in [-0.25, -0.2) is 0 Å². The lowest BCUT2D eigenvalue weighted by Gasteiger charge is -2.04. The molecule has 0 aliphatic heterocycles. The molecule has 0 fully saturated rings. The van der Waals surface area contributed by atoms with Crippen LogP contribution in [0.4, 0.5) is 5.95 Å². The van der Waals surface area contributed by atoms with Crippen LogP contribution in [0.1, 0.15) is 12.5 Å². The van der Waals surface area contributed by atoms with E-state index >= 15 is 0 Å². The molecule has 1 aromatic carbocycles. The molecular weight excluding hydrogens is 284 g/mol. The van der Waals surface area contributed by atoms with Gasteiger partial charge >= 0.3 is 6.01 Å². The number of hydrogen-bond acceptors (Lipinski definition) is 6. The topological polar surface area (TPSA) is 73.9 Å². The summed E-state index contributed by atoms with van der Waals surface area (Å²) in [5.74, 6) is 0.892. The average molecular weight is 297 g/mol. The van der Waals surface area contributed by atoms with Crippen molar-refractivity contribution < 1.29 is 4.74 Å². The Morgan fingerprint density at radius 1 is 1.21 bits per heavy atom. The molecular formula is C12H13ClN4OS. The van der Waals surface area contributed by atoms with Crippen molar-refractivity contribution in [3.05, 3.63) is 34.9 Å². The third-order valence-electron chi connectivity index (χ3n) is 2.17. The quantitative estimate of drug-likeness (QED) is 0.855. The molecule has 0 atom stereocenters. The summed E-state index contributed by atoms with van der Waals surface area (Å²) in [4.78, 5) is 12.1. The highest BCUT2D eigenvalue weighted by Crippen LogP contribution is 2.22. The summed E-state index contributed by atoms with van der Waals surface area (Å²) in [6.45, 7) is 2.35. The number of hydrogen-bond donors (Lipinski definition) is 1. The summed E-state index contributed by atoms with van der Waals surface area (Å²) < 4.78 is 5.22. The van der Waals surface area contributed by atoms with Gasteiger partial charge in [-0.05, 0) is 24.6 Å². The Hall–Kier alpha value is -1.53. The summed E-state index contributed by atoms with van der Waals surface area (Å²) in [5, 5.41) is 1.27. The van der Waals surface area contributed by atoms with E-state index in [0.29, 0.717) is 11.8 Å². The van der Waals surface area contributed by atoms with Crippen LogP contribution < -0.4 is 10.5 Å². The lowest BCUT2D eigenvalue weighted by atomic mass is 10.2. The highest BCUT2D eigenvalue weighted by atomic mass is 35.5. The largest absolute Gasteiger partial charge is 0.464 e. The second-order valence-electron chi connectivity index (χ2n) is 3.61. The van der Waals surface area contributed by atoms with E-state index < -0.39 is 0 Å². The van der Waals surface area contributed by atoms with Crippen LogP contribution in [0.5, 0.6) is 6.01 Å². The minimum Gasteiger partial charge on any atom is -0.464 e. The van der Waals surface area contributed by atoms with E-state index in [1.165, 1.54) is 11.8 Å². The van der Waals surface area contributed by atoms with Crippen molar-refractivity contribution in [1.82, 2.24) is 15.0 Å². The number of halogens is 1. The van der Waals surface area contributed by atoms with E-state index in [0.717, 1.165) is 16.3 Å². The van der Waals surface area contributed by atoms with E-state index in [-0.39, 0.29) is 12.0 Å². The molecule has 2 rings (SSSR count). The van der Waals surface area contributed by atoms with Crippen molar-refractivity contribution in [2.24, 2.45) is 0 Å². The molecule has 1 aromatic heterocycles. The fourth-order valence-electron chi connectivity index (χ4n) is 1.34. The predicted octanol–water partition coefficient (Wildman–Crippen LogP) is 2.80. The monoisotopic (exact) mass is 296 g/mol. The van der Waals surface area contributed by atoms with Crippen molar-refractivity contribution in [2.75, 3.05) is 12.3 Å². The van der Waals surface area contributed by atoms with Gasteiger partial charge in [0.1, 0.15) is 0 Å². The Morgan fingerprint density at radius 2 is 1.95 bits per heavy atom. The Labute approximate surface area is 120 Å². The highest BCUT2D eigenvalue weighted by Gasteiger charge is 2.06. The van der Waals surface area contributed by atoms with Crippen LogP contribution in [-0.2, 0) is 5.75 Å². The van der Waals surface area contributed by atoms with E-state index in [1.54, 1.807) is 0 Å². The molecule has 5 nitrogen and oxygen atoms in total. The Balaban J connectivity index is 2.04. The fourth-order valence-corrected chi connectivity index (χ4v) is 2.25. The van der Waals surface area contributed by atoms with E-state index in [2.05, 4.69) is 15.0 Å². The number of rotatable bonds is 5. The first-order chi connectivity index (χ1) is 9.17. The molecule has 1 heterocycles. The van der Waals surface area contributed by atoms with Crippen molar-refractivity contribution in [1.29, 1.82) is 0 Å². The number of ether oxygens (including phenoxy) is 1. The van der Waals surface area contributed by atoms with Crippen molar-refractivity contribution >= 4 is 29.3 Å². The smallest absolute Gasteiger partial charge is 0.322 e. The van der Waals surface area contributed by atoms with E-state index in [4.69, 9.17) is 22.1 Å². The minimum atomic E-state index is 0.164. The normalized spacial score (nSPS) is 10.4. The van der Waals surface area contributed by atoms with Crippen LogP contribution in [0.3, 0.4) is 0 Å². The molecule has 0 bridgehead atoms. The lowest BCUT2D eigenvalue weighted by Crippen LogP contribution is -2.04. The van der Waals surface area contributed by atoms with Crippen molar-refractivity contribution in [3.63, 3.8) is 0 Å². The summed E-state index contributed by atoms with van der Waals surface area (Å²) in [6, 6.07) is 7.89. The molecule has 0 amide bonds. The van der Waals surface area contributed by atoms with Crippen LogP contribution in [-0.4, -0.2) is 21.6 Å². The summed E-state index contributed by atoms with van der Waals surface area (Å²) in [7, 11) is 0. The van der Waals surface area contributed by atoms with Crippen molar-refractivity contribution in [2.45, 2.75) is 17.8 Å². The average Bonchev–Trinajstić information content (AvgIpc) is 2.38. The van der Waals surface area contributed by atoms with Gasteiger partial charge in [-0.1, -0.05) is 35.5 Å². The minimum absolute atomic E-state index is 0.164. The number of anilines is 1. The zero-order chi connectivity index (χ0) is 13.7. The van der Waals surface area contributed by atoms with Crippen LogP contribution in [0.15, 0.2) is 29.4 Å². The van der Waals surface area contributed by atoms with Gasteiger partial charge in [-0.15, -0.1) is 0 Å². The first-order valence-corrected chi connectivity index (χ1v) is 7.05. The molecule has 0 aliphatic rings. The molecule has 0 saturated heterocycles. The zero-order valence-electron chi connectivity index (χ0n) is 10.3. The Kier molecular flexibility index (Phi) is 4.81. The zero-order valence-corrected chi connectivity index (χ0v) is 11.9. The second-order valence-corrected chi connectivity index (χ2v) is 4.99. The maximum atomic E-state index is 5.83. The number of nitrogen functional groups attached to an aromatic ring is 1. The molecule has 0 radical (unpaired) electrons. The first-order valence-electron chi connectivity index (χ1n) is 5.69. The maximum Gasteiger partial charge on any atom is 0.322 e. The third kappa shape index (κ3) is 4.25. The molecule has 0 spiro atoms. The second kappa shape index (κ2) is 6.58. The molecule has 19 heavy (non-hydrogen) atoms. The Bertz CT molecular complexity index is 550. The molecule has 2 N–H and O–H groups in total. The first kappa shape index (κ1) is 13.9. The third-order valence-corrected chi connectivity index (χ3v) is 3.34. The lowest BCUT2D eigenvalue weighted by molar-refractivity contribution is 0.308. The SMILES string of the molecule is CCOc1nc(N)nc(SCc2ccc(Cl)cc2)n1. The standard InChI is InChI=1S/C12H13ClN4OS/c1-2-18-11-15-10(14)16-12(17-11)19-7-8-3-5-9(13)6-4-8/h3-6H,2,7H2,1H3,(H2,14,15,16,17). The molecule has 0 saturated carbocycles. The van der Waals surface area contributed by atoms with E-state index in [9.17, 15) is 0 Å². The molecule has 0 unspecified atom stereocenters. The fraction of sp³-hybridized carbons (Fsp3) is 0.250. The van der Waals surface area contributed by atoms with Crippen LogP contribution in [0, 0.1) is 0 Å². The number of nitrogens with two attached hydrogens (primary N) is 1. The van der Waals surface area contributed by atoms with Crippen molar-refractivity contribution in [3.8, 4) is 6.01 Å². The number of thioether (sulfide) groups is 1. The van der Waals surface area contributed by atoms with Gasteiger partial charge in [0.05, 0.1) is 6.61 Å². The summed E-state index contributed by atoms with van der Waals surface area (Å²) in [6.07, 6.45) is 0. The van der Waals surface area contributed by atoms with Crippen LogP contribution >= 0.6 is 23.4 Å². The highest BCUT2D eigenvalue weighted by molar-refractivity contribution is 7.98. The molecule has 0 aliphatic carbocycles. The van der Waals surface area contributed by atoms with Gasteiger partial charge < -0.3 is 10.5 Å². The summed E-state index contributed by atoms with van der Waals surface area (Å²) >= 11 is 7.30. The van der Waals surface area contributed by atoms with Gasteiger partial charge in [0, 0.05) is 10.8 Å². The van der Waals surface area contributed by atoms with E-state index in [1.807, 2.05) is 31.2 Å². The summed E-state index contributed by atoms with van der Waals surface area (Å²) in [5.41, 5.74) is 6.74. The van der Waals surface area contributed by atoms with Gasteiger partial charge in [0.15, 0.2) is 5.16 Å². The Morgan fingerprint density at radius 3 is 2.63 bits per heavy atom. The van der Waals surface area contributed by atoms with Gasteiger partial charge in [0.25, 0.3) is 0 Å². The molecule has 7 heteroatoms. The molecule has 2 aromatic rings. The van der Waals surface area contributed by atoms with Gasteiger partial charge in [-0.3, -0.25) is 0 Å². The number of nitrogens with zero attached hydrogens (tertiary/aromatic N) is 3. The van der Waals surface area contributed by atoms with Crippen LogP contribution in [0.2, 0.25) is 5.02 Å². The molecule has 100 valence electrons. The maximum absolute atomic E-state index is 5.83. The van der Waals surface area contributed by atoms with Gasteiger partial charge in [0.2, 0.25) is 5.95 Å².